The van der Waals surface area contributed by atoms with Crippen molar-refractivity contribution in [2.75, 3.05) is 0 Å². The molecular weight excluding hydrogens is 380 g/mol. The van der Waals surface area contributed by atoms with Gasteiger partial charge in [-0.25, -0.2) is 4.79 Å². The number of carboxylic acids is 1. The van der Waals surface area contributed by atoms with Crippen molar-refractivity contribution < 1.29 is 19.1 Å². The normalized spacial score (nSPS) is 15.1. The first kappa shape index (κ1) is 19.7. The van der Waals surface area contributed by atoms with Gasteiger partial charge in [-0.2, -0.15) is 5.26 Å². The second-order valence-corrected chi connectivity index (χ2v) is 7.09. The lowest BCUT2D eigenvalue weighted by Gasteiger charge is -2.22. The summed E-state index contributed by atoms with van der Waals surface area (Å²) >= 11 is 5.99. The van der Waals surface area contributed by atoms with Crippen LogP contribution in [-0.2, 0) is 4.79 Å². The second-order valence-electron chi connectivity index (χ2n) is 6.68. The Morgan fingerprint density at radius 1 is 1.21 bits per heavy atom. The van der Waals surface area contributed by atoms with Gasteiger partial charge in [0.05, 0.1) is 10.6 Å². The lowest BCUT2D eigenvalue weighted by molar-refractivity contribution is -0.117. The number of aromatic carboxylic acids is 1. The van der Waals surface area contributed by atoms with E-state index in [-0.39, 0.29) is 22.2 Å². The van der Waals surface area contributed by atoms with E-state index in [9.17, 15) is 14.9 Å². The molecule has 2 N–H and O–H groups in total. The number of nitriles is 1. The molecule has 0 aliphatic heterocycles. The minimum Gasteiger partial charge on any atom is -0.478 e. The predicted molar refractivity (Wildman–Crippen MR) is 105 cm³/mol. The molecule has 144 valence electrons. The van der Waals surface area contributed by atoms with Crippen molar-refractivity contribution in [1.82, 2.24) is 5.32 Å². The van der Waals surface area contributed by atoms with E-state index in [0.717, 1.165) is 25.7 Å². The molecule has 28 heavy (non-hydrogen) atoms. The molecule has 1 amide bonds. The maximum absolute atomic E-state index is 12.4. The summed E-state index contributed by atoms with van der Waals surface area (Å²) < 4.78 is 5.68. The van der Waals surface area contributed by atoms with Gasteiger partial charge in [-0.05, 0) is 37.1 Å². The Balaban J connectivity index is 1.76. The van der Waals surface area contributed by atoms with Crippen LogP contribution in [0.5, 0.6) is 0 Å². The van der Waals surface area contributed by atoms with E-state index < -0.39 is 11.9 Å². The zero-order valence-electron chi connectivity index (χ0n) is 15.1. The van der Waals surface area contributed by atoms with Crippen LogP contribution in [0.3, 0.4) is 0 Å². The van der Waals surface area contributed by atoms with Crippen LogP contribution in [0.25, 0.3) is 17.4 Å². The Morgan fingerprint density at radius 3 is 2.61 bits per heavy atom. The van der Waals surface area contributed by atoms with E-state index in [0.29, 0.717) is 17.1 Å². The van der Waals surface area contributed by atoms with E-state index in [1.807, 2.05) is 6.07 Å². The van der Waals surface area contributed by atoms with Crippen molar-refractivity contribution in [3.8, 4) is 17.4 Å². The third-order valence-corrected chi connectivity index (χ3v) is 5.02. The van der Waals surface area contributed by atoms with E-state index >= 15 is 0 Å². The van der Waals surface area contributed by atoms with Crippen LogP contribution in [0.1, 0.15) is 48.2 Å². The highest BCUT2D eigenvalue weighted by atomic mass is 35.5. The number of benzene rings is 1. The van der Waals surface area contributed by atoms with Gasteiger partial charge in [-0.3, -0.25) is 4.79 Å². The van der Waals surface area contributed by atoms with Gasteiger partial charge in [0.2, 0.25) is 0 Å². The van der Waals surface area contributed by atoms with Crippen LogP contribution < -0.4 is 5.32 Å². The van der Waals surface area contributed by atoms with Gasteiger partial charge in [-0.15, -0.1) is 0 Å². The zero-order chi connectivity index (χ0) is 20.1. The van der Waals surface area contributed by atoms with E-state index in [4.69, 9.17) is 21.1 Å². The van der Waals surface area contributed by atoms with Gasteiger partial charge in [0, 0.05) is 17.7 Å². The number of halogens is 1. The van der Waals surface area contributed by atoms with Gasteiger partial charge >= 0.3 is 5.97 Å². The summed E-state index contributed by atoms with van der Waals surface area (Å²) in [6.07, 6.45) is 6.61. The molecule has 0 radical (unpaired) electrons. The van der Waals surface area contributed by atoms with Gasteiger partial charge in [0.15, 0.2) is 0 Å². The molecule has 1 aliphatic carbocycles. The fraction of sp³-hybridized carbons (Fsp3) is 0.286. The number of nitrogens with zero attached hydrogens (tertiary/aromatic N) is 1. The topological polar surface area (TPSA) is 103 Å². The second kappa shape index (κ2) is 8.77. The van der Waals surface area contributed by atoms with Crippen LogP contribution in [0.2, 0.25) is 5.02 Å². The van der Waals surface area contributed by atoms with Gasteiger partial charge in [-0.1, -0.05) is 36.9 Å². The largest absolute Gasteiger partial charge is 0.478 e. The Bertz CT molecular complexity index is 965. The number of hydrogen-bond acceptors (Lipinski definition) is 4. The summed E-state index contributed by atoms with van der Waals surface area (Å²) in [5.41, 5.74) is 0.578. The van der Waals surface area contributed by atoms with Gasteiger partial charge in [0.1, 0.15) is 23.2 Å². The van der Waals surface area contributed by atoms with Crippen molar-refractivity contribution in [3.63, 3.8) is 0 Å². The standard InChI is InChI=1S/C21H19ClN2O4/c22-18-11-13(6-8-17(18)21(26)27)19-9-7-16(28-19)10-14(12-23)20(25)24-15-4-2-1-3-5-15/h6-11,15H,1-5H2,(H,24,25)(H,26,27)/b14-10+. The third kappa shape index (κ3) is 4.62. The minimum atomic E-state index is -1.11. The summed E-state index contributed by atoms with van der Waals surface area (Å²) in [6, 6.07) is 9.83. The lowest BCUT2D eigenvalue weighted by Crippen LogP contribution is -2.36. The Labute approximate surface area is 167 Å². The zero-order valence-corrected chi connectivity index (χ0v) is 15.8. The van der Waals surface area contributed by atoms with Crippen LogP contribution in [-0.4, -0.2) is 23.0 Å². The van der Waals surface area contributed by atoms with Crippen molar-refractivity contribution >= 4 is 29.6 Å². The highest BCUT2D eigenvalue weighted by Crippen LogP contribution is 2.28. The van der Waals surface area contributed by atoms with Crippen molar-refractivity contribution in [3.05, 3.63) is 52.3 Å². The molecule has 6 nitrogen and oxygen atoms in total. The SMILES string of the molecule is N#C/C(=C\c1ccc(-c2ccc(C(=O)O)c(Cl)c2)o1)C(=O)NC1CCCCC1. The molecule has 0 atom stereocenters. The minimum absolute atomic E-state index is 0.00300. The molecule has 1 aliphatic rings. The summed E-state index contributed by atoms with van der Waals surface area (Å²) in [7, 11) is 0. The number of carbonyl (C=O) groups excluding carboxylic acids is 1. The number of rotatable bonds is 5. The Hall–Kier alpha value is -3.04. The monoisotopic (exact) mass is 398 g/mol. The first-order chi connectivity index (χ1) is 13.5. The molecule has 1 fully saturated rings. The summed E-state index contributed by atoms with van der Waals surface area (Å²) in [5.74, 6) is -0.706. The maximum Gasteiger partial charge on any atom is 0.337 e. The van der Waals surface area contributed by atoms with Crippen LogP contribution in [0.15, 0.2) is 40.3 Å². The molecule has 1 saturated carbocycles. The van der Waals surface area contributed by atoms with Gasteiger partial charge in [0.25, 0.3) is 5.91 Å². The van der Waals surface area contributed by atoms with Crippen molar-refractivity contribution in [2.45, 2.75) is 38.1 Å². The number of furan rings is 1. The Kier molecular flexibility index (Phi) is 6.17. The van der Waals surface area contributed by atoms with Crippen LogP contribution >= 0.6 is 11.6 Å². The van der Waals surface area contributed by atoms with E-state index in [1.165, 1.54) is 24.6 Å². The average Bonchev–Trinajstić information content (AvgIpc) is 3.15. The number of amides is 1. The fourth-order valence-electron chi connectivity index (χ4n) is 3.23. The molecule has 0 bridgehead atoms. The molecule has 1 aromatic heterocycles. The molecular formula is C21H19ClN2O4. The quantitative estimate of drug-likeness (QED) is 0.563. The number of nitrogens with one attached hydrogen (secondary N) is 1. The first-order valence-corrected chi connectivity index (χ1v) is 9.41. The maximum atomic E-state index is 12.4. The van der Waals surface area contributed by atoms with Crippen molar-refractivity contribution in [2.24, 2.45) is 0 Å². The molecule has 3 rings (SSSR count). The first-order valence-electron chi connectivity index (χ1n) is 9.03. The molecule has 7 heteroatoms. The van der Waals surface area contributed by atoms with Crippen molar-refractivity contribution in [1.29, 1.82) is 5.26 Å². The summed E-state index contributed by atoms with van der Waals surface area (Å²) in [5, 5.41) is 21.4. The van der Waals surface area contributed by atoms with E-state index in [2.05, 4.69) is 5.32 Å². The number of carboxylic acid groups (broad SMARTS) is 1. The van der Waals surface area contributed by atoms with Gasteiger partial charge < -0.3 is 14.8 Å². The fourth-order valence-corrected chi connectivity index (χ4v) is 3.49. The smallest absolute Gasteiger partial charge is 0.337 e. The molecule has 0 unspecified atom stereocenters. The molecule has 1 aromatic carbocycles. The molecule has 2 aromatic rings. The average molecular weight is 399 g/mol. The highest BCUT2D eigenvalue weighted by Gasteiger charge is 2.18. The predicted octanol–water partition coefficient (Wildman–Crippen LogP) is 4.65. The summed E-state index contributed by atoms with van der Waals surface area (Å²) in [6.45, 7) is 0. The highest BCUT2D eigenvalue weighted by molar-refractivity contribution is 6.33. The third-order valence-electron chi connectivity index (χ3n) is 4.70. The Morgan fingerprint density at radius 2 is 1.96 bits per heavy atom. The van der Waals surface area contributed by atoms with Crippen LogP contribution in [0, 0.1) is 11.3 Å². The number of carbonyl (C=O) groups is 2. The molecule has 1 heterocycles. The van der Waals surface area contributed by atoms with E-state index in [1.54, 1.807) is 18.2 Å². The molecule has 0 spiro atoms. The number of hydrogen-bond donors (Lipinski definition) is 2. The summed E-state index contributed by atoms with van der Waals surface area (Å²) in [4.78, 5) is 23.4. The van der Waals surface area contributed by atoms with Crippen LogP contribution in [0.4, 0.5) is 0 Å². The lowest BCUT2D eigenvalue weighted by atomic mass is 9.95. The molecule has 0 saturated heterocycles.